The van der Waals surface area contributed by atoms with Crippen LogP contribution in [0.25, 0.3) is 0 Å². The van der Waals surface area contributed by atoms with Gasteiger partial charge in [-0.15, -0.1) is 0 Å². The lowest BCUT2D eigenvalue weighted by molar-refractivity contribution is 0.935. The summed E-state index contributed by atoms with van der Waals surface area (Å²) in [5.74, 6) is 0. The fourth-order valence-corrected chi connectivity index (χ4v) is 0.722. The van der Waals surface area contributed by atoms with Crippen molar-refractivity contribution in [3.05, 3.63) is 0 Å². The molecule has 0 atom stereocenters. The van der Waals surface area contributed by atoms with Crippen molar-refractivity contribution in [1.29, 1.82) is 0 Å². The Kier molecular flexibility index (Phi) is 3.30. The molecule has 0 aliphatic carbocycles. The second-order valence-corrected chi connectivity index (χ2v) is 1.57. The predicted molar refractivity (Wildman–Crippen MR) is 31.3 cm³/mol. The second-order valence-electron chi connectivity index (χ2n) is 1.57. The number of hydrogen-bond donors (Lipinski definition) is 0. The van der Waals surface area contributed by atoms with Crippen LogP contribution in [-0.2, 0) is 0 Å². The molecule has 0 bridgehead atoms. The van der Waals surface area contributed by atoms with Gasteiger partial charge in [-0.3, -0.25) is 0 Å². The van der Waals surface area contributed by atoms with Gasteiger partial charge in [0.2, 0.25) is 0 Å². The molecule has 1 fully saturated rings. The topological polar surface area (TPSA) is 0 Å². The molecule has 0 N–H and O–H groups in total. The van der Waals surface area contributed by atoms with Crippen molar-refractivity contribution in [2.75, 3.05) is 0 Å². The molecule has 6 heavy (non-hydrogen) atoms. The van der Waals surface area contributed by atoms with Gasteiger partial charge >= 0.3 is 0 Å². The molecule has 0 aromatic heterocycles. The largest absolute Gasteiger partial charge is 0.109 e. The van der Waals surface area contributed by atoms with Crippen molar-refractivity contribution in [1.82, 2.24) is 0 Å². The lowest BCUT2D eigenvalue weighted by Crippen LogP contribution is -1.68. The van der Waals surface area contributed by atoms with Crippen molar-refractivity contribution in [2.24, 2.45) is 0 Å². The van der Waals surface area contributed by atoms with Crippen molar-refractivity contribution in [2.45, 2.75) is 32.9 Å². The molecule has 1 heterocycles. The highest BCUT2D eigenvalue weighted by molar-refractivity contribution is 6.36. The maximum atomic E-state index is 2.36. The molecule has 1 rings (SSSR count). The third-order valence-electron chi connectivity index (χ3n) is 1.07. The van der Waals surface area contributed by atoms with Gasteiger partial charge in [0.15, 0.2) is 0 Å². The summed E-state index contributed by atoms with van der Waals surface area (Å²) in [6.45, 7) is 0. The summed E-state index contributed by atoms with van der Waals surface area (Å²) in [6.07, 6.45) is 5.64. The Balaban J connectivity index is 0.000000250. The molecule has 0 unspecified atom stereocenters. The lowest BCUT2D eigenvalue weighted by Gasteiger charge is -1.68. The van der Waals surface area contributed by atoms with E-state index < -0.39 is 0 Å². The van der Waals surface area contributed by atoms with Crippen LogP contribution in [0.5, 0.6) is 0 Å². The summed E-state index contributed by atoms with van der Waals surface area (Å²) >= 11 is 0. The first-order chi connectivity index (χ1) is 2.50. The number of rotatable bonds is 0. The smallest absolute Gasteiger partial charge is 0.0803 e. The highest BCUT2D eigenvalue weighted by atomic mass is 13.9. The molecular weight excluding hydrogens is 70.9 g/mol. The Morgan fingerprint density at radius 1 is 1.00 bits per heavy atom. The molecule has 0 saturated carbocycles. The molecule has 1 saturated heterocycles. The van der Waals surface area contributed by atoms with Crippen molar-refractivity contribution in [3.63, 3.8) is 0 Å². The zero-order valence-corrected chi connectivity index (χ0v) is 3.41. The van der Waals surface area contributed by atoms with E-state index in [2.05, 4.69) is 7.28 Å². The Morgan fingerprint density at radius 2 is 1.50 bits per heavy atom. The highest BCUT2D eigenvalue weighted by Gasteiger charge is 1.97. The van der Waals surface area contributed by atoms with E-state index in [1.54, 1.807) is 0 Å². The van der Waals surface area contributed by atoms with Crippen molar-refractivity contribution in [3.8, 4) is 0 Å². The molecule has 1 aliphatic rings. The van der Waals surface area contributed by atoms with Gasteiger partial charge in [0.25, 0.3) is 0 Å². The molecule has 0 amide bonds. The van der Waals surface area contributed by atoms with Gasteiger partial charge < -0.3 is 0 Å². The Labute approximate surface area is 41.2 Å². The molecular formula is C5H12B. The van der Waals surface area contributed by atoms with Gasteiger partial charge in [0.05, 0.1) is 0 Å². The Morgan fingerprint density at radius 3 is 1.67 bits per heavy atom. The summed E-state index contributed by atoms with van der Waals surface area (Å²) in [7, 11) is 2.36. The predicted octanol–water partition coefficient (Wildman–Crippen LogP) is 1.96. The van der Waals surface area contributed by atoms with Gasteiger partial charge in [0, 0.05) is 0 Å². The normalized spacial score (nSPS) is 18.7. The first-order valence-electron chi connectivity index (χ1n) is 2.32. The average molecular weight is 83.0 g/mol. The van der Waals surface area contributed by atoms with E-state index in [1.165, 1.54) is 25.5 Å². The summed E-state index contributed by atoms with van der Waals surface area (Å²) in [5, 5.41) is 0. The van der Waals surface area contributed by atoms with Crippen LogP contribution >= 0.6 is 0 Å². The molecule has 0 aromatic rings. The molecule has 0 nitrogen and oxygen atoms in total. The standard InChI is InChI=1S/C4H8B.CH4/c1-2-4-5-3-1;/h1-4H2;1H4. The van der Waals surface area contributed by atoms with E-state index in [0.29, 0.717) is 0 Å². The summed E-state index contributed by atoms with van der Waals surface area (Å²) in [4.78, 5) is 0. The minimum Gasteiger partial charge on any atom is -0.0803 e. The first-order valence-corrected chi connectivity index (χ1v) is 2.32. The SMILES string of the molecule is C.[B]1CCCC1. The van der Waals surface area contributed by atoms with E-state index >= 15 is 0 Å². The zero-order chi connectivity index (χ0) is 3.54. The van der Waals surface area contributed by atoms with E-state index in [-0.39, 0.29) is 7.43 Å². The van der Waals surface area contributed by atoms with Crippen molar-refractivity contribution < 1.29 is 0 Å². The molecule has 35 valence electrons. The van der Waals surface area contributed by atoms with Crippen LogP contribution in [0, 0.1) is 0 Å². The average Bonchev–Trinajstić information content (AvgIpc) is 1.76. The minimum atomic E-state index is 0. The zero-order valence-electron chi connectivity index (χ0n) is 3.41. The molecule has 0 spiro atoms. The van der Waals surface area contributed by atoms with E-state index in [0.717, 1.165) is 0 Å². The molecule has 1 radical (unpaired) electrons. The molecule has 1 heteroatoms. The maximum absolute atomic E-state index is 2.36. The lowest BCUT2D eigenvalue weighted by atomic mass is 9.77. The van der Waals surface area contributed by atoms with Gasteiger partial charge in [-0.1, -0.05) is 32.9 Å². The fourth-order valence-electron chi connectivity index (χ4n) is 0.722. The van der Waals surface area contributed by atoms with Crippen LogP contribution in [0.1, 0.15) is 20.3 Å². The quantitative estimate of drug-likeness (QED) is 0.392. The maximum Gasteiger partial charge on any atom is 0.109 e. The Bertz CT molecular complexity index is 15.5. The first kappa shape index (κ1) is 6.06. The second kappa shape index (κ2) is 3.26. The van der Waals surface area contributed by atoms with Gasteiger partial charge in [-0.25, -0.2) is 0 Å². The summed E-state index contributed by atoms with van der Waals surface area (Å²) in [5.41, 5.74) is 0. The van der Waals surface area contributed by atoms with Crippen LogP contribution in [0.3, 0.4) is 0 Å². The monoisotopic (exact) mass is 83.1 g/mol. The van der Waals surface area contributed by atoms with Crippen LogP contribution in [-0.4, -0.2) is 7.28 Å². The third kappa shape index (κ3) is 1.49. The van der Waals surface area contributed by atoms with E-state index in [4.69, 9.17) is 0 Å². The number of hydrogen-bond acceptors (Lipinski definition) is 0. The summed E-state index contributed by atoms with van der Waals surface area (Å²) in [6, 6.07) is 0. The van der Waals surface area contributed by atoms with Gasteiger partial charge in [-0.05, 0) is 0 Å². The van der Waals surface area contributed by atoms with Crippen LogP contribution < -0.4 is 0 Å². The van der Waals surface area contributed by atoms with E-state index in [9.17, 15) is 0 Å². The highest BCUT2D eigenvalue weighted by Crippen LogP contribution is 2.09. The fraction of sp³-hybridized carbons (Fsp3) is 1.00. The Hall–Kier alpha value is 0.0649. The molecule has 0 aromatic carbocycles. The third-order valence-corrected chi connectivity index (χ3v) is 1.07. The van der Waals surface area contributed by atoms with Crippen LogP contribution in [0.4, 0.5) is 0 Å². The van der Waals surface area contributed by atoms with Crippen molar-refractivity contribution >= 4 is 7.28 Å². The minimum absolute atomic E-state index is 0. The summed E-state index contributed by atoms with van der Waals surface area (Å²) < 4.78 is 0. The van der Waals surface area contributed by atoms with Crippen LogP contribution in [0.2, 0.25) is 12.6 Å². The van der Waals surface area contributed by atoms with Gasteiger partial charge in [-0.2, -0.15) is 0 Å². The van der Waals surface area contributed by atoms with E-state index in [1.807, 2.05) is 0 Å². The molecule has 1 aliphatic heterocycles. The van der Waals surface area contributed by atoms with Crippen LogP contribution in [0.15, 0.2) is 0 Å². The van der Waals surface area contributed by atoms with Gasteiger partial charge in [0.1, 0.15) is 7.28 Å².